The van der Waals surface area contributed by atoms with Crippen molar-refractivity contribution >= 4 is 10.9 Å². The molecule has 5 heteroatoms. The zero-order chi connectivity index (χ0) is 19.1. The number of hydrogen-bond acceptors (Lipinski definition) is 3. The molecule has 0 fully saturated rings. The van der Waals surface area contributed by atoms with Gasteiger partial charge in [-0.25, -0.2) is 9.36 Å². The Morgan fingerprint density at radius 1 is 0.963 bits per heavy atom. The molecule has 27 heavy (non-hydrogen) atoms. The zero-order valence-electron chi connectivity index (χ0n) is 16.0. The third-order valence-electron chi connectivity index (χ3n) is 4.86. The fourth-order valence-electron chi connectivity index (χ4n) is 3.54. The monoisotopic (exact) mass is 358 g/mol. The van der Waals surface area contributed by atoms with Crippen LogP contribution in [-0.4, -0.2) is 19.6 Å². The quantitative estimate of drug-likeness (QED) is 0.559. The van der Waals surface area contributed by atoms with Crippen LogP contribution in [0, 0.1) is 27.7 Å². The summed E-state index contributed by atoms with van der Waals surface area (Å²) in [6, 6.07) is 14.3. The molecule has 0 saturated heterocycles. The number of aryl methyl sites for hydroxylation is 4. The van der Waals surface area contributed by atoms with Gasteiger partial charge in [-0.2, -0.15) is 10.2 Å². The SMILES string of the molecule is Cc1cccc(Cn2nc(C)c3cnn(-c4ccc(C)cc4C)c3c2=O)c1. The normalized spacial score (nSPS) is 11.3. The van der Waals surface area contributed by atoms with Crippen molar-refractivity contribution < 1.29 is 0 Å². The minimum atomic E-state index is -0.130. The lowest BCUT2D eigenvalue weighted by Gasteiger charge is -2.11. The van der Waals surface area contributed by atoms with Gasteiger partial charge in [0.15, 0.2) is 0 Å². The molecule has 0 unspecified atom stereocenters. The Bertz CT molecular complexity index is 1220. The van der Waals surface area contributed by atoms with E-state index in [1.54, 1.807) is 10.9 Å². The van der Waals surface area contributed by atoms with Gasteiger partial charge in [0.2, 0.25) is 0 Å². The first-order valence-electron chi connectivity index (χ1n) is 9.02. The largest absolute Gasteiger partial charge is 0.293 e. The highest BCUT2D eigenvalue weighted by Gasteiger charge is 2.16. The summed E-state index contributed by atoms with van der Waals surface area (Å²) in [6.45, 7) is 8.50. The molecule has 5 nitrogen and oxygen atoms in total. The van der Waals surface area contributed by atoms with E-state index in [-0.39, 0.29) is 5.56 Å². The molecule has 0 radical (unpaired) electrons. The second kappa shape index (κ2) is 6.50. The van der Waals surface area contributed by atoms with Crippen LogP contribution in [0.3, 0.4) is 0 Å². The van der Waals surface area contributed by atoms with Crippen LogP contribution in [0.5, 0.6) is 0 Å². The summed E-state index contributed by atoms with van der Waals surface area (Å²) in [7, 11) is 0. The number of fused-ring (bicyclic) bond motifs is 1. The molecular weight excluding hydrogens is 336 g/mol. The van der Waals surface area contributed by atoms with Crippen molar-refractivity contribution in [3.63, 3.8) is 0 Å². The van der Waals surface area contributed by atoms with Gasteiger partial charge in [-0.15, -0.1) is 0 Å². The smallest absolute Gasteiger partial charge is 0.265 e. The molecule has 136 valence electrons. The van der Waals surface area contributed by atoms with E-state index >= 15 is 0 Å². The first kappa shape index (κ1) is 17.2. The first-order chi connectivity index (χ1) is 12.9. The molecule has 0 saturated carbocycles. The number of rotatable bonds is 3. The van der Waals surface area contributed by atoms with Gasteiger partial charge in [-0.1, -0.05) is 47.5 Å². The van der Waals surface area contributed by atoms with Crippen LogP contribution in [0.25, 0.3) is 16.6 Å². The lowest BCUT2D eigenvalue weighted by atomic mass is 10.1. The Morgan fingerprint density at radius 3 is 2.48 bits per heavy atom. The highest BCUT2D eigenvalue weighted by molar-refractivity contribution is 5.81. The van der Waals surface area contributed by atoms with E-state index in [0.29, 0.717) is 12.1 Å². The van der Waals surface area contributed by atoms with Crippen LogP contribution in [0.2, 0.25) is 0 Å². The third-order valence-corrected chi connectivity index (χ3v) is 4.86. The van der Waals surface area contributed by atoms with E-state index in [1.807, 2.05) is 51.1 Å². The van der Waals surface area contributed by atoms with Crippen LogP contribution in [0.1, 0.15) is 27.9 Å². The molecule has 4 aromatic rings. The lowest BCUT2D eigenvalue weighted by molar-refractivity contribution is 0.634. The molecule has 4 rings (SSSR count). The van der Waals surface area contributed by atoms with Gasteiger partial charge in [0.25, 0.3) is 5.56 Å². The molecule has 2 heterocycles. The topological polar surface area (TPSA) is 52.7 Å². The average molecular weight is 358 g/mol. The van der Waals surface area contributed by atoms with Crippen molar-refractivity contribution in [1.29, 1.82) is 0 Å². The van der Waals surface area contributed by atoms with Crippen molar-refractivity contribution in [2.24, 2.45) is 0 Å². The van der Waals surface area contributed by atoms with Gasteiger partial charge < -0.3 is 0 Å². The van der Waals surface area contributed by atoms with Crippen LogP contribution < -0.4 is 5.56 Å². The molecule has 2 aromatic carbocycles. The predicted molar refractivity (Wildman–Crippen MR) is 108 cm³/mol. The maximum atomic E-state index is 13.2. The van der Waals surface area contributed by atoms with Crippen LogP contribution in [-0.2, 0) is 6.54 Å². The minimum Gasteiger partial charge on any atom is -0.265 e. The fourth-order valence-corrected chi connectivity index (χ4v) is 3.54. The molecule has 0 aliphatic rings. The molecule has 0 spiro atoms. The highest BCUT2D eigenvalue weighted by atomic mass is 16.1. The zero-order valence-corrected chi connectivity index (χ0v) is 16.0. The van der Waals surface area contributed by atoms with E-state index in [2.05, 4.69) is 29.3 Å². The van der Waals surface area contributed by atoms with Gasteiger partial charge in [-0.3, -0.25) is 4.79 Å². The number of nitrogens with zero attached hydrogens (tertiary/aromatic N) is 4. The van der Waals surface area contributed by atoms with Gasteiger partial charge in [0, 0.05) is 5.39 Å². The van der Waals surface area contributed by atoms with Gasteiger partial charge in [0.1, 0.15) is 5.52 Å². The Morgan fingerprint density at radius 2 is 1.74 bits per heavy atom. The maximum absolute atomic E-state index is 13.2. The molecule has 0 amide bonds. The third kappa shape index (κ3) is 3.05. The van der Waals surface area contributed by atoms with Crippen LogP contribution >= 0.6 is 0 Å². The number of aromatic nitrogens is 4. The van der Waals surface area contributed by atoms with Crippen molar-refractivity contribution in [2.45, 2.75) is 34.2 Å². The minimum absolute atomic E-state index is 0.130. The van der Waals surface area contributed by atoms with Gasteiger partial charge in [0.05, 0.1) is 24.1 Å². The van der Waals surface area contributed by atoms with Crippen LogP contribution in [0.15, 0.2) is 53.5 Å². The molecule has 2 aromatic heterocycles. The lowest BCUT2D eigenvalue weighted by Crippen LogP contribution is -2.26. The Hall–Kier alpha value is -3.21. The second-order valence-corrected chi connectivity index (χ2v) is 7.15. The summed E-state index contributed by atoms with van der Waals surface area (Å²) in [6.07, 6.45) is 1.73. The molecule has 0 aliphatic heterocycles. The number of hydrogen-bond donors (Lipinski definition) is 0. The summed E-state index contributed by atoms with van der Waals surface area (Å²) in [5.41, 5.74) is 6.64. The molecule has 0 N–H and O–H groups in total. The average Bonchev–Trinajstić information content (AvgIpc) is 3.05. The fraction of sp³-hybridized carbons (Fsp3) is 0.227. The van der Waals surface area contributed by atoms with E-state index in [1.165, 1.54) is 15.8 Å². The maximum Gasteiger partial charge on any atom is 0.293 e. The van der Waals surface area contributed by atoms with Gasteiger partial charge in [-0.05, 0) is 44.9 Å². The first-order valence-corrected chi connectivity index (χ1v) is 9.02. The Kier molecular flexibility index (Phi) is 4.15. The summed E-state index contributed by atoms with van der Waals surface area (Å²) in [4.78, 5) is 13.2. The summed E-state index contributed by atoms with van der Waals surface area (Å²) in [5, 5.41) is 9.82. The molecular formula is C22H22N4O. The van der Waals surface area contributed by atoms with Crippen molar-refractivity contribution in [3.8, 4) is 5.69 Å². The van der Waals surface area contributed by atoms with Crippen molar-refractivity contribution in [3.05, 3.63) is 87.0 Å². The molecule has 0 atom stereocenters. The van der Waals surface area contributed by atoms with Crippen molar-refractivity contribution in [2.75, 3.05) is 0 Å². The standard InChI is InChI=1S/C22H22N4O/c1-14-6-5-7-18(11-14)13-25-22(27)21-19(17(4)24-25)12-23-26(21)20-9-8-15(2)10-16(20)3/h5-12H,13H2,1-4H3. The van der Waals surface area contributed by atoms with E-state index in [9.17, 15) is 4.79 Å². The predicted octanol–water partition coefficient (Wildman–Crippen LogP) is 3.86. The summed E-state index contributed by atoms with van der Waals surface area (Å²) < 4.78 is 3.28. The van der Waals surface area contributed by atoms with Crippen molar-refractivity contribution in [1.82, 2.24) is 19.6 Å². The summed E-state index contributed by atoms with van der Waals surface area (Å²) >= 11 is 0. The second-order valence-electron chi connectivity index (χ2n) is 7.15. The highest BCUT2D eigenvalue weighted by Crippen LogP contribution is 2.21. The Labute approximate surface area is 157 Å². The van der Waals surface area contributed by atoms with E-state index in [0.717, 1.165) is 27.9 Å². The Balaban J connectivity index is 1.91. The van der Waals surface area contributed by atoms with E-state index in [4.69, 9.17) is 0 Å². The number of benzene rings is 2. The molecule has 0 aliphatic carbocycles. The summed E-state index contributed by atoms with van der Waals surface area (Å²) in [5.74, 6) is 0. The molecule has 0 bridgehead atoms. The van der Waals surface area contributed by atoms with Crippen LogP contribution in [0.4, 0.5) is 0 Å². The van der Waals surface area contributed by atoms with E-state index < -0.39 is 0 Å². The van der Waals surface area contributed by atoms with Gasteiger partial charge >= 0.3 is 0 Å².